The molecular formula is C21H17BrO4. The molecule has 0 spiro atoms. The molecular weight excluding hydrogens is 396 g/mol. The molecule has 0 aliphatic rings. The number of hydrogen-bond acceptors (Lipinski definition) is 3. The van der Waals surface area contributed by atoms with Crippen LogP contribution < -0.4 is 9.47 Å². The van der Waals surface area contributed by atoms with Crippen molar-refractivity contribution in [3.05, 3.63) is 94.0 Å². The standard InChI is InChI=1S/C21H17BrO4/c22-17-11-18(21(23)24)20(26-14-16-9-5-2-6-10-16)19(12-17)25-13-15-7-3-1-4-8-15/h1-12H,13-14H2,(H,23,24). The van der Waals surface area contributed by atoms with Gasteiger partial charge in [-0.1, -0.05) is 76.6 Å². The Balaban J connectivity index is 1.87. The molecule has 132 valence electrons. The van der Waals surface area contributed by atoms with Gasteiger partial charge in [-0.05, 0) is 23.3 Å². The monoisotopic (exact) mass is 412 g/mol. The summed E-state index contributed by atoms with van der Waals surface area (Å²) in [6.45, 7) is 0.572. The normalized spacial score (nSPS) is 10.3. The van der Waals surface area contributed by atoms with E-state index in [1.807, 2.05) is 60.7 Å². The summed E-state index contributed by atoms with van der Waals surface area (Å²) in [5, 5.41) is 9.54. The highest BCUT2D eigenvalue weighted by atomic mass is 79.9. The van der Waals surface area contributed by atoms with Gasteiger partial charge in [0.15, 0.2) is 11.5 Å². The molecule has 1 N–H and O–H groups in total. The lowest BCUT2D eigenvalue weighted by Gasteiger charge is -2.16. The van der Waals surface area contributed by atoms with Gasteiger partial charge in [0.25, 0.3) is 0 Å². The summed E-state index contributed by atoms with van der Waals surface area (Å²) in [6.07, 6.45) is 0. The minimum absolute atomic E-state index is 0.0540. The van der Waals surface area contributed by atoms with Crippen LogP contribution in [0.5, 0.6) is 11.5 Å². The number of rotatable bonds is 7. The van der Waals surface area contributed by atoms with Gasteiger partial charge in [0, 0.05) is 4.47 Å². The summed E-state index contributed by atoms with van der Waals surface area (Å²) >= 11 is 3.34. The van der Waals surface area contributed by atoms with E-state index in [1.54, 1.807) is 6.07 Å². The lowest BCUT2D eigenvalue weighted by Crippen LogP contribution is -2.07. The van der Waals surface area contributed by atoms with Gasteiger partial charge >= 0.3 is 5.97 Å². The predicted molar refractivity (Wildman–Crippen MR) is 103 cm³/mol. The van der Waals surface area contributed by atoms with Crippen LogP contribution in [-0.4, -0.2) is 11.1 Å². The number of benzene rings is 3. The Labute approximate surface area is 160 Å². The Morgan fingerprint density at radius 1 is 0.846 bits per heavy atom. The van der Waals surface area contributed by atoms with Gasteiger partial charge in [-0.25, -0.2) is 4.79 Å². The molecule has 0 aliphatic carbocycles. The van der Waals surface area contributed by atoms with Crippen molar-refractivity contribution in [1.29, 1.82) is 0 Å². The summed E-state index contributed by atoms with van der Waals surface area (Å²) in [7, 11) is 0. The van der Waals surface area contributed by atoms with E-state index in [2.05, 4.69) is 15.9 Å². The third kappa shape index (κ3) is 4.64. The Bertz CT molecular complexity index is 879. The van der Waals surface area contributed by atoms with Crippen molar-refractivity contribution in [1.82, 2.24) is 0 Å². The number of ether oxygens (including phenoxy) is 2. The lowest BCUT2D eigenvalue weighted by atomic mass is 10.1. The molecule has 3 rings (SSSR count). The summed E-state index contributed by atoms with van der Waals surface area (Å²) in [5.41, 5.74) is 1.98. The van der Waals surface area contributed by atoms with Crippen LogP contribution in [0.2, 0.25) is 0 Å². The molecule has 3 aromatic carbocycles. The topological polar surface area (TPSA) is 55.8 Å². The fourth-order valence-electron chi connectivity index (χ4n) is 2.45. The molecule has 0 aliphatic heterocycles. The maximum Gasteiger partial charge on any atom is 0.339 e. The fourth-order valence-corrected chi connectivity index (χ4v) is 2.89. The largest absolute Gasteiger partial charge is 0.485 e. The van der Waals surface area contributed by atoms with E-state index in [-0.39, 0.29) is 17.9 Å². The Hall–Kier alpha value is -2.79. The van der Waals surface area contributed by atoms with Gasteiger partial charge in [-0.3, -0.25) is 0 Å². The molecule has 4 nitrogen and oxygen atoms in total. The molecule has 0 fully saturated rings. The smallest absolute Gasteiger partial charge is 0.339 e. The molecule has 0 saturated carbocycles. The highest BCUT2D eigenvalue weighted by Crippen LogP contribution is 2.36. The zero-order valence-electron chi connectivity index (χ0n) is 13.9. The first-order valence-electron chi connectivity index (χ1n) is 8.04. The minimum atomic E-state index is -1.07. The molecule has 0 radical (unpaired) electrons. The van der Waals surface area contributed by atoms with E-state index in [0.717, 1.165) is 11.1 Å². The third-order valence-corrected chi connectivity index (χ3v) is 4.17. The fraction of sp³-hybridized carbons (Fsp3) is 0.0952. The van der Waals surface area contributed by atoms with Crippen LogP contribution in [-0.2, 0) is 13.2 Å². The van der Waals surface area contributed by atoms with E-state index in [9.17, 15) is 9.90 Å². The second-order valence-corrected chi connectivity index (χ2v) is 6.55. The molecule has 0 heterocycles. The second kappa shape index (κ2) is 8.54. The van der Waals surface area contributed by atoms with Crippen molar-refractivity contribution in [2.24, 2.45) is 0 Å². The highest BCUT2D eigenvalue weighted by molar-refractivity contribution is 9.10. The Morgan fingerprint density at radius 3 is 1.92 bits per heavy atom. The average Bonchev–Trinajstić information content (AvgIpc) is 2.66. The van der Waals surface area contributed by atoms with Crippen LogP contribution in [0.1, 0.15) is 21.5 Å². The van der Waals surface area contributed by atoms with Gasteiger partial charge in [-0.15, -0.1) is 0 Å². The van der Waals surface area contributed by atoms with Crippen molar-refractivity contribution < 1.29 is 19.4 Å². The molecule has 3 aromatic rings. The molecule has 5 heteroatoms. The number of carboxylic acid groups (broad SMARTS) is 1. The summed E-state index contributed by atoms with van der Waals surface area (Å²) in [5.74, 6) is -0.462. The number of hydrogen-bond donors (Lipinski definition) is 1. The first-order valence-corrected chi connectivity index (χ1v) is 8.83. The van der Waals surface area contributed by atoms with Gasteiger partial charge in [-0.2, -0.15) is 0 Å². The van der Waals surface area contributed by atoms with Gasteiger partial charge in [0.1, 0.15) is 18.8 Å². The van der Waals surface area contributed by atoms with Crippen LogP contribution >= 0.6 is 15.9 Å². The van der Waals surface area contributed by atoms with E-state index in [1.165, 1.54) is 6.07 Å². The second-order valence-electron chi connectivity index (χ2n) is 5.63. The molecule has 0 aromatic heterocycles. The van der Waals surface area contributed by atoms with Crippen molar-refractivity contribution in [3.63, 3.8) is 0 Å². The van der Waals surface area contributed by atoms with Gasteiger partial charge in [0.2, 0.25) is 0 Å². The van der Waals surface area contributed by atoms with Crippen LogP contribution in [0.4, 0.5) is 0 Å². The zero-order chi connectivity index (χ0) is 18.4. The minimum Gasteiger partial charge on any atom is -0.485 e. The molecule has 0 saturated heterocycles. The Kier molecular flexibility index (Phi) is 5.92. The summed E-state index contributed by atoms with van der Waals surface area (Å²) in [6, 6.07) is 22.5. The third-order valence-electron chi connectivity index (χ3n) is 3.71. The maximum absolute atomic E-state index is 11.7. The first-order chi connectivity index (χ1) is 12.6. The number of aromatic carboxylic acids is 1. The van der Waals surface area contributed by atoms with E-state index < -0.39 is 5.97 Å². The molecule has 0 amide bonds. The lowest BCUT2D eigenvalue weighted by molar-refractivity contribution is 0.0690. The van der Waals surface area contributed by atoms with Crippen molar-refractivity contribution in [2.45, 2.75) is 13.2 Å². The first kappa shape index (κ1) is 18.0. The van der Waals surface area contributed by atoms with Gasteiger partial charge < -0.3 is 14.6 Å². The van der Waals surface area contributed by atoms with Gasteiger partial charge in [0.05, 0.1) is 0 Å². The van der Waals surface area contributed by atoms with Crippen LogP contribution in [0.15, 0.2) is 77.3 Å². The van der Waals surface area contributed by atoms with E-state index in [0.29, 0.717) is 16.8 Å². The van der Waals surface area contributed by atoms with E-state index in [4.69, 9.17) is 9.47 Å². The SMILES string of the molecule is O=C(O)c1cc(Br)cc(OCc2ccccc2)c1OCc1ccccc1. The Morgan fingerprint density at radius 2 is 1.38 bits per heavy atom. The van der Waals surface area contributed by atoms with Crippen LogP contribution in [0, 0.1) is 0 Å². The van der Waals surface area contributed by atoms with Crippen molar-refractivity contribution in [2.75, 3.05) is 0 Å². The number of carboxylic acids is 1. The average molecular weight is 413 g/mol. The number of halogens is 1. The number of carbonyl (C=O) groups is 1. The van der Waals surface area contributed by atoms with Crippen LogP contribution in [0.25, 0.3) is 0 Å². The summed E-state index contributed by atoms with van der Waals surface area (Å²) < 4.78 is 12.3. The molecule has 0 unspecified atom stereocenters. The van der Waals surface area contributed by atoms with Crippen molar-refractivity contribution in [3.8, 4) is 11.5 Å². The zero-order valence-corrected chi connectivity index (χ0v) is 15.5. The maximum atomic E-state index is 11.7. The summed E-state index contributed by atoms with van der Waals surface area (Å²) in [4.78, 5) is 11.7. The highest BCUT2D eigenvalue weighted by Gasteiger charge is 2.19. The van der Waals surface area contributed by atoms with Crippen molar-refractivity contribution >= 4 is 21.9 Å². The van der Waals surface area contributed by atoms with E-state index >= 15 is 0 Å². The quantitative estimate of drug-likeness (QED) is 0.571. The molecule has 26 heavy (non-hydrogen) atoms. The molecule has 0 atom stereocenters. The van der Waals surface area contributed by atoms with Crippen LogP contribution in [0.3, 0.4) is 0 Å². The predicted octanol–water partition coefficient (Wildman–Crippen LogP) is 5.31. The molecule has 0 bridgehead atoms.